The molecule has 0 bridgehead atoms. The Hall–Kier alpha value is -3.41. The van der Waals surface area contributed by atoms with E-state index < -0.39 is 0 Å². The van der Waals surface area contributed by atoms with Crippen molar-refractivity contribution in [2.24, 2.45) is 5.10 Å². The van der Waals surface area contributed by atoms with Gasteiger partial charge in [-0.2, -0.15) is 5.10 Å². The lowest BCUT2D eigenvalue weighted by atomic mass is 10.0. The van der Waals surface area contributed by atoms with Crippen molar-refractivity contribution in [3.63, 3.8) is 0 Å². The molecule has 1 amide bonds. The molecule has 1 aliphatic rings. The molecule has 0 atom stereocenters. The maximum Gasteiger partial charge on any atom is 0.272 e. The molecule has 6 heteroatoms. The Morgan fingerprint density at radius 2 is 2.04 bits per heavy atom. The van der Waals surface area contributed by atoms with Crippen LogP contribution in [0.3, 0.4) is 0 Å². The van der Waals surface area contributed by atoms with Gasteiger partial charge in [0.1, 0.15) is 0 Å². The van der Waals surface area contributed by atoms with E-state index in [1.807, 2.05) is 49.4 Å². The first kappa shape index (κ1) is 16.1. The number of ether oxygens (including phenoxy) is 2. The van der Waals surface area contributed by atoms with Crippen LogP contribution in [0.2, 0.25) is 0 Å². The van der Waals surface area contributed by atoms with Gasteiger partial charge in [-0.3, -0.25) is 4.79 Å². The second-order valence-corrected chi connectivity index (χ2v) is 5.80. The van der Waals surface area contributed by atoms with Gasteiger partial charge in [0.05, 0.1) is 16.8 Å². The number of benzene rings is 2. The number of hydrogen-bond acceptors (Lipinski definition) is 5. The van der Waals surface area contributed by atoms with Crippen LogP contribution in [0.1, 0.15) is 23.7 Å². The molecule has 0 saturated heterocycles. The molecule has 26 heavy (non-hydrogen) atoms. The molecule has 0 unspecified atom stereocenters. The number of nitrogens with zero attached hydrogens (tertiary/aromatic N) is 2. The standard InChI is InChI=1S/C20H17N3O3/c1-2-9-21-23-20(24)15-11-17(22-16-6-4-3-5-14(15)16)13-7-8-18-19(10-13)26-12-25-18/h3-11H,2,12H2,1H3,(H,23,24)/b21-9+. The topological polar surface area (TPSA) is 72.8 Å². The summed E-state index contributed by atoms with van der Waals surface area (Å²) in [6, 6.07) is 14.9. The normalized spacial score (nSPS) is 12.7. The summed E-state index contributed by atoms with van der Waals surface area (Å²) in [5, 5.41) is 4.72. The molecule has 130 valence electrons. The molecule has 1 aliphatic heterocycles. The maximum absolute atomic E-state index is 12.6. The third-order valence-corrected chi connectivity index (χ3v) is 4.07. The maximum atomic E-state index is 12.6. The average Bonchev–Trinajstić information content (AvgIpc) is 3.15. The largest absolute Gasteiger partial charge is 0.454 e. The molecule has 1 N–H and O–H groups in total. The van der Waals surface area contributed by atoms with Crippen molar-refractivity contribution in [2.75, 3.05) is 6.79 Å². The summed E-state index contributed by atoms with van der Waals surface area (Å²) >= 11 is 0. The molecule has 4 rings (SSSR count). The summed E-state index contributed by atoms with van der Waals surface area (Å²) < 4.78 is 10.8. The molecule has 0 spiro atoms. The quantitative estimate of drug-likeness (QED) is 0.576. The van der Waals surface area contributed by atoms with E-state index in [1.54, 1.807) is 12.3 Å². The summed E-state index contributed by atoms with van der Waals surface area (Å²) in [5.74, 6) is 1.12. The smallest absolute Gasteiger partial charge is 0.272 e. The van der Waals surface area contributed by atoms with Gasteiger partial charge in [0.15, 0.2) is 11.5 Å². The first-order valence-corrected chi connectivity index (χ1v) is 8.38. The van der Waals surface area contributed by atoms with E-state index in [0.29, 0.717) is 22.8 Å². The predicted octanol–water partition coefficient (Wildman–Crippen LogP) is 3.76. The second kappa shape index (κ2) is 6.84. The van der Waals surface area contributed by atoms with Gasteiger partial charge in [-0.1, -0.05) is 25.1 Å². The highest BCUT2D eigenvalue weighted by molar-refractivity contribution is 6.07. The van der Waals surface area contributed by atoms with Gasteiger partial charge in [0.25, 0.3) is 5.91 Å². The third kappa shape index (κ3) is 2.97. The van der Waals surface area contributed by atoms with Crippen molar-refractivity contribution in [3.05, 3.63) is 54.1 Å². The minimum absolute atomic E-state index is 0.215. The van der Waals surface area contributed by atoms with Crippen molar-refractivity contribution in [1.82, 2.24) is 10.4 Å². The zero-order valence-electron chi connectivity index (χ0n) is 14.2. The Labute approximate surface area is 150 Å². The van der Waals surface area contributed by atoms with Gasteiger partial charge in [-0.05, 0) is 36.8 Å². The van der Waals surface area contributed by atoms with E-state index in [2.05, 4.69) is 10.5 Å². The van der Waals surface area contributed by atoms with E-state index in [1.165, 1.54) is 0 Å². The number of hydrazone groups is 1. The van der Waals surface area contributed by atoms with E-state index in [9.17, 15) is 4.79 Å². The Kier molecular flexibility index (Phi) is 4.23. The van der Waals surface area contributed by atoms with Crippen molar-refractivity contribution >= 4 is 23.0 Å². The zero-order valence-corrected chi connectivity index (χ0v) is 14.2. The molecule has 2 heterocycles. The second-order valence-electron chi connectivity index (χ2n) is 5.80. The fourth-order valence-corrected chi connectivity index (χ4v) is 2.82. The van der Waals surface area contributed by atoms with Crippen LogP contribution in [-0.2, 0) is 0 Å². The highest BCUT2D eigenvalue weighted by atomic mass is 16.7. The molecule has 2 aromatic carbocycles. The van der Waals surface area contributed by atoms with Gasteiger partial charge in [0, 0.05) is 17.2 Å². The Morgan fingerprint density at radius 1 is 1.19 bits per heavy atom. The van der Waals surface area contributed by atoms with Crippen molar-refractivity contribution in [3.8, 4) is 22.8 Å². The van der Waals surface area contributed by atoms with Crippen LogP contribution in [0.25, 0.3) is 22.2 Å². The fraction of sp³-hybridized carbons (Fsp3) is 0.150. The number of hydrogen-bond donors (Lipinski definition) is 1. The third-order valence-electron chi connectivity index (χ3n) is 4.07. The molecular weight excluding hydrogens is 330 g/mol. The van der Waals surface area contributed by atoms with Crippen LogP contribution in [0, 0.1) is 0 Å². The van der Waals surface area contributed by atoms with Crippen LogP contribution in [0.5, 0.6) is 11.5 Å². The lowest BCUT2D eigenvalue weighted by Crippen LogP contribution is -2.18. The average molecular weight is 347 g/mol. The van der Waals surface area contributed by atoms with E-state index in [0.717, 1.165) is 22.9 Å². The number of rotatable bonds is 4. The molecule has 3 aromatic rings. The van der Waals surface area contributed by atoms with Crippen LogP contribution in [0.15, 0.2) is 53.6 Å². The monoisotopic (exact) mass is 347 g/mol. The summed E-state index contributed by atoms with van der Waals surface area (Å²) in [5.41, 5.74) is 5.38. The summed E-state index contributed by atoms with van der Waals surface area (Å²) in [7, 11) is 0. The van der Waals surface area contributed by atoms with Gasteiger partial charge >= 0.3 is 0 Å². The number of carbonyl (C=O) groups excluding carboxylic acids is 1. The molecular formula is C20H17N3O3. The first-order chi connectivity index (χ1) is 12.8. The Bertz CT molecular complexity index is 1010. The fourth-order valence-electron chi connectivity index (χ4n) is 2.82. The predicted molar refractivity (Wildman–Crippen MR) is 99.6 cm³/mol. The number of nitrogens with one attached hydrogen (secondary N) is 1. The van der Waals surface area contributed by atoms with Crippen molar-refractivity contribution in [1.29, 1.82) is 0 Å². The van der Waals surface area contributed by atoms with Crippen LogP contribution in [-0.4, -0.2) is 23.9 Å². The van der Waals surface area contributed by atoms with Crippen LogP contribution < -0.4 is 14.9 Å². The molecule has 0 saturated carbocycles. The summed E-state index contributed by atoms with van der Waals surface area (Å²) in [6.45, 7) is 2.17. The van der Waals surface area contributed by atoms with Gasteiger partial charge in [-0.15, -0.1) is 0 Å². The van der Waals surface area contributed by atoms with Crippen molar-refractivity contribution < 1.29 is 14.3 Å². The summed E-state index contributed by atoms with van der Waals surface area (Å²) in [4.78, 5) is 17.3. The van der Waals surface area contributed by atoms with E-state index in [4.69, 9.17) is 14.5 Å². The number of pyridine rings is 1. The highest BCUT2D eigenvalue weighted by Crippen LogP contribution is 2.36. The number of fused-ring (bicyclic) bond motifs is 2. The Morgan fingerprint density at radius 3 is 2.92 bits per heavy atom. The van der Waals surface area contributed by atoms with E-state index in [-0.39, 0.29) is 12.7 Å². The Balaban J connectivity index is 1.81. The SMILES string of the molecule is CC/C=N/NC(=O)c1cc(-c2ccc3c(c2)OCO3)nc2ccccc12. The molecule has 0 aliphatic carbocycles. The number of aromatic nitrogens is 1. The van der Waals surface area contributed by atoms with Gasteiger partial charge < -0.3 is 9.47 Å². The number of para-hydroxylation sites is 1. The molecule has 0 radical (unpaired) electrons. The van der Waals surface area contributed by atoms with E-state index >= 15 is 0 Å². The number of amides is 1. The molecule has 0 fully saturated rings. The minimum atomic E-state index is -0.268. The first-order valence-electron chi connectivity index (χ1n) is 8.38. The van der Waals surface area contributed by atoms with Crippen molar-refractivity contribution in [2.45, 2.75) is 13.3 Å². The molecule has 1 aromatic heterocycles. The zero-order chi connectivity index (χ0) is 17.9. The lowest BCUT2D eigenvalue weighted by molar-refractivity contribution is 0.0956. The van der Waals surface area contributed by atoms with Gasteiger partial charge in [0.2, 0.25) is 6.79 Å². The van der Waals surface area contributed by atoms with Crippen LogP contribution in [0.4, 0.5) is 0 Å². The lowest BCUT2D eigenvalue weighted by Gasteiger charge is -2.09. The highest BCUT2D eigenvalue weighted by Gasteiger charge is 2.17. The molecule has 6 nitrogen and oxygen atoms in total. The van der Waals surface area contributed by atoms with Crippen LogP contribution >= 0.6 is 0 Å². The minimum Gasteiger partial charge on any atom is -0.454 e. The number of carbonyl (C=O) groups is 1. The summed E-state index contributed by atoms with van der Waals surface area (Å²) in [6.07, 6.45) is 2.40. The van der Waals surface area contributed by atoms with Gasteiger partial charge in [-0.25, -0.2) is 10.4 Å².